The molecular weight excluding hydrogens is 246 g/mol. The molecule has 4 nitrogen and oxygen atoms in total. The van der Waals surface area contributed by atoms with Gasteiger partial charge in [0.15, 0.2) is 8.32 Å². The van der Waals surface area contributed by atoms with Gasteiger partial charge in [-0.05, 0) is 18.1 Å². The molecular formula is C13H23NO3Si. The van der Waals surface area contributed by atoms with Crippen molar-refractivity contribution in [2.75, 3.05) is 13.6 Å². The van der Waals surface area contributed by atoms with Crippen LogP contribution >= 0.6 is 0 Å². The van der Waals surface area contributed by atoms with Crippen LogP contribution in [0.5, 0.6) is 0 Å². The van der Waals surface area contributed by atoms with Crippen LogP contribution in [0.4, 0.5) is 0 Å². The van der Waals surface area contributed by atoms with Gasteiger partial charge in [0.1, 0.15) is 6.10 Å². The molecule has 0 aromatic rings. The second-order valence-corrected chi connectivity index (χ2v) is 11.2. The normalized spacial score (nSPS) is 29.6. The number of nitrogens with zero attached hydrogens (tertiary/aromatic N) is 1. The van der Waals surface area contributed by atoms with Gasteiger partial charge in [-0.1, -0.05) is 26.7 Å². The van der Waals surface area contributed by atoms with Crippen molar-refractivity contribution in [3.63, 3.8) is 0 Å². The van der Waals surface area contributed by atoms with Gasteiger partial charge < -0.3 is 14.4 Å². The van der Waals surface area contributed by atoms with Crippen molar-refractivity contribution < 1.29 is 14.3 Å². The topological polar surface area (TPSA) is 49.8 Å². The Kier molecular flexibility index (Phi) is 3.70. The van der Waals surface area contributed by atoms with E-state index in [9.17, 15) is 9.90 Å². The fourth-order valence-corrected chi connectivity index (χ4v) is 3.01. The lowest BCUT2D eigenvalue weighted by Crippen LogP contribution is -2.52. The Labute approximate surface area is 110 Å². The predicted octanol–water partition coefficient (Wildman–Crippen LogP) is 1.21. The van der Waals surface area contributed by atoms with Gasteiger partial charge in [0, 0.05) is 13.6 Å². The smallest absolute Gasteiger partial charge is 0.269 e. The van der Waals surface area contributed by atoms with Crippen molar-refractivity contribution in [1.82, 2.24) is 4.90 Å². The summed E-state index contributed by atoms with van der Waals surface area (Å²) in [5, 5.41) is 10.3. The molecule has 0 spiro atoms. The summed E-state index contributed by atoms with van der Waals surface area (Å²) >= 11 is 0. The number of likely N-dealkylation sites (tertiary alicyclic amines) is 1. The number of amides is 1. The molecule has 0 bridgehead atoms. The molecule has 5 heteroatoms. The monoisotopic (exact) mass is 269 g/mol. The molecule has 1 amide bonds. The van der Waals surface area contributed by atoms with E-state index in [4.69, 9.17) is 10.8 Å². The van der Waals surface area contributed by atoms with E-state index in [1.54, 1.807) is 7.05 Å². The second-order valence-electron chi connectivity index (χ2n) is 6.46. The average molecular weight is 269 g/mol. The molecule has 1 fully saturated rings. The minimum Gasteiger partial charge on any atom is -0.408 e. The molecule has 2 unspecified atom stereocenters. The lowest BCUT2D eigenvalue weighted by atomic mass is 10.0. The van der Waals surface area contributed by atoms with E-state index in [1.165, 1.54) is 4.90 Å². The molecule has 0 saturated carbocycles. The molecule has 102 valence electrons. The van der Waals surface area contributed by atoms with Crippen LogP contribution in [0.2, 0.25) is 18.1 Å². The fraction of sp³-hybridized carbons (Fsp3) is 0.769. The maximum Gasteiger partial charge on any atom is 0.269 e. The molecule has 1 N–H and O–H groups in total. The fourth-order valence-electron chi connectivity index (χ4n) is 1.70. The van der Waals surface area contributed by atoms with Gasteiger partial charge in [0.2, 0.25) is 5.60 Å². The summed E-state index contributed by atoms with van der Waals surface area (Å²) in [6.07, 6.45) is 4.69. The molecule has 1 aliphatic rings. The quantitative estimate of drug-likeness (QED) is 0.605. The van der Waals surface area contributed by atoms with E-state index >= 15 is 0 Å². The third kappa shape index (κ3) is 2.33. The first-order chi connectivity index (χ1) is 7.95. The minimum atomic E-state index is -2.07. The largest absolute Gasteiger partial charge is 0.408 e. The van der Waals surface area contributed by atoms with E-state index in [0.29, 0.717) is 6.54 Å². The molecule has 1 saturated heterocycles. The number of aliphatic hydroxyl groups is 1. The third-order valence-corrected chi connectivity index (χ3v) is 8.53. The maximum absolute atomic E-state index is 11.9. The Bertz CT molecular complexity index is 394. The Morgan fingerprint density at radius 3 is 2.44 bits per heavy atom. The van der Waals surface area contributed by atoms with Gasteiger partial charge >= 0.3 is 0 Å². The van der Waals surface area contributed by atoms with E-state index in [1.807, 2.05) is 0 Å². The van der Waals surface area contributed by atoms with Crippen LogP contribution in [-0.2, 0) is 9.22 Å². The van der Waals surface area contributed by atoms with Gasteiger partial charge in [-0.3, -0.25) is 4.79 Å². The Morgan fingerprint density at radius 2 is 2.06 bits per heavy atom. The number of likely N-dealkylation sites (N-methyl/N-ethyl adjacent to an activating group) is 1. The summed E-state index contributed by atoms with van der Waals surface area (Å²) in [7, 11) is -0.444. The van der Waals surface area contributed by atoms with E-state index in [-0.39, 0.29) is 5.04 Å². The van der Waals surface area contributed by atoms with Crippen LogP contribution in [0, 0.1) is 12.3 Å². The van der Waals surface area contributed by atoms with Crippen molar-refractivity contribution in [2.24, 2.45) is 0 Å². The molecule has 2 atom stereocenters. The number of hydrogen-bond donors (Lipinski definition) is 1. The third-order valence-electron chi connectivity index (χ3n) is 4.04. The summed E-state index contributed by atoms with van der Waals surface area (Å²) in [6.45, 7) is 10.8. The summed E-state index contributed by atoms with van der Waals surface area (Å²) in [4.78, 5) is 13.3. The van der Waals surface area contributed by atoms with Crippen LogP contribution in [0.1, 0.15) is 20.8 Å². The van der Waals surface area contributed by atoms with Crippen LogP contribution in [0.3, 0.4) is 0 Å². The Hall–Kier alpha value is -0.833. The highest BCUT2D eigenvalue weighted by molar-refractivity contribution is 6.74. The van der Waals surface area contributed by atoms with Crippen LogP contribution < -0.4 is 0 Å². The van der Waals surface area contributed by atoms with Crippen molar-refractivity contribution in [2.45, 2.75) is 50.6 Å². The molecule has 0 aliphatic carbocycles. The summed E-state index contributed by atoms with van der Waals surface area (Å²) in [5.41, 5.74) is -1.82. The average Bonchev–Trinajstić information content (AvgIpc) is 2.42. The van der Waals surface area contributed by atoms with Gasteiger partial charge in [-0.25, -0.2) is 0 Å². The SMILES string of the molecule is C#CC1(O)C(=O)N(C)CC1O[Si](C)(C)C(C)(C)C. The van der Waals surface area contributed by atoms with E-state index in [2.05, 4.69) is 39.8 Å². The highest BCUT2D eigenvalue weighted by Crippen LogP contribution is 2.39. The Morgan fingerprint density at radius 1 is 1.56 bits per heavy atom. The lowest BCUT2D eigenvalue weighted by molar-refractivity contribution is -0.140. The van der Waals surface area contributed by atoms with Crippen molar-refractivity contribution in [3.8, 4) is 12.3 Å². The molecule has 18 heavy (non-hydrogen) atoms. The number of rotatable bonds is 2. The van der Waals surface area contributed by atoms with Crippen LogP contribution in [0.15, 0.2) is 0 Å². The highest BCUT2D eigenvalue weighted by Gasteiger charge is 2.54. The summed E-state index contributed by atoms with van der Waals surface area (Å²) in [6, 6.07) is 0. The highest BCUT2D eigenvalue weighted by atomic mass is 28.4. The number of terminal acetylenes is 1. The van der Waals surface area contributed by atoms with Crippen molar-refractivity contribution >= 4 is 14.2 Å². The van der Waals surface area contributed by atoms with Gasteiger partial charge in [0.25, 0.3) is 5.91 Å². The maximum atomic E-state index is 11.9. The van der Waals surface area contributed by atoms with Gasteiger partial charge in [-0.15, -0.1) is 6.42 Å². The van der Waals surface area contributed by atoms with Crippen LogP contribution in [-0.4, -0.2) is 49.5 Å². The minimum absolute atomic E-state index is 0.00666. The summed E-state index contributed by atoms with van der Waals surface area (Å²) in [5.74, 6) is 1.76. The van der Waals surface area contributed by atoms with Crippen molar-refractivity contribution in [3.05, 3.63) is 0 Å². The first kappa shape index (κ1) is 15.2. The van der Waals surface area contributed by atoms with E-state index in [0.717, 1.165) is 0 Å². The van der Waals surface area contributed by atoms with Crippen LogP contribution in [0.25, 0.3) is 0 Å². The molecule has 1 rings (SSSR count). The van der Waals surface area contributed by atoms with Crippen molar-refractivity contribution in [1.29, 1.82) is 0 Å². The predicted molar refractivity (Wildman–Crippen MR) is 73.5 cm³/mol. The number of hydrogen-bond acceptors (Lipinski definition) is 3. The van der Waals surface area contributed by atoms with Gasteiger partial charge in [-0.2, -0.15) is 0 Å². The standard InChI is InChI=1S/C13H23NO3Si/c1-8-13(16)10(9-14(5)11(13)15)17-18(6,7)12(2,3)4/h1,10,16H,9H2,2-7H3. The second kappa shape index (κ2) is 4.37. The zero-order valence-electron chi connectivity index (χ0n) is 12.1. The Balaban J connectivity index is 3.00. The molecule has 0 radical (unpaired) electrons. The first-order valence-corrected chi connectivity index (χ1v) is 9.00. The molecule has 1 aliphatic heterocycles. The van der Waals surface area contributed by atoms with E-state index < -0.39 is 25.9 Å². The first-order valence-electron chi connectivity index (χ1n) is 6.09. The molecule has 0 aromatic heterocycles. The molecule has 0 aromatic carbocycles. The lowest BCUT2D eigenvalue weighted by Gasteiger charge is -2.39. The zero-order chi connectivity index (χ0) is 14.4. The molecule has 1 heterocycles. The number of carbonyl (C=O) groups is 1. The number of carbonyl (C=O) groups excluding carboxylic acids is 1. The zero-order valence-corrected chi connectivity index (χ0v) is 13.1. The summed E-state index contributed by atoms with van der Waals surface area (Å²) < 4.78 is 6.09. The van der Waals surface area contributed by atoms with Gasteiger partial charge in [0.05, 0.1) is 0 Å².